The highest BCUT2D eigenvalue weighted by Gasteiger charge is 1.99. The standard InChI is InChI=1S/C21H34N2O2/c1-2-3-4-5-6-7-8-9-10-11-12-16-21(25)23-22-18-19-14-13-15-20(24)17-19/h13-15,17-18,24H,2-12,16H2,1H3,(H,23,25)/b22-18+. The minimum absolute atomic E-state index is 0.0488. The van der Waals surface area contributed by atoms with Gasteiger partial charge in [-0.05, 0) is 24.1 Å². The van der Waals surface area contributed by atoms with E-state index in [2.05, 4.69) is 17.5 Å². The van der Waals surface area contributed by atoms with Crippen LogP contribution in [0, 0.1) is 0 Å². The highest BCUT2D eigenvalue weighted by atomic mass is 16.3. The molecule has 1 rings (SSSR count). The number of aromatic hydroxyl groups is 1. The zero-order valence-electron chi connectivity index (χ0n) is 15.7. The van der Waals surface area contributed by atoms with E-state index in [0.29, 0.717) is 6.42 Å². The van der Waals surface area contributed by atoms with Gasteiger partial charge in [-0.25, -0.2) is 5.43 Å². The molecule has 0 atom stereocenters. The number of hydrogen-bond acceptors (Lipinski definition) is 3. The first-order valence-electron chi connectivity index (χ1n) is 9.83. The molecule has 0 bridgehead atoms. The molecule has 0 aliphatic carbocycles. The molecule has 25 heavy (non-hydrogen) atoms. The van der Waals surface area contributed by atoms with E-state index in [-0.39, 0.29) is 11.7 Å². The van der Waals surface area contributed by atoms with E-state index >= 15 is 0 Å². The third-order valence-corrected chi connectivity index (χ3v) is 4.28. The van der Waals surface area contributed by atoms with Gasteiger partial charge in [0.25, 0.3) is 0 Å². The first-order chi connectivity index (χ1) is 12.2. The van der Waals surface area contributed by atoms with Crippen molar-refractivity contribution in [3.63, 3.8) is 0 Å². The largest absolute Gasteiger partial charge is 0.508 e. The summed E-state index contributed by atoms with van der Waals surface area (Å²) in [5.41, 5.74) is 3.29. The molecular formula is C21H34N2O2. The first kappa shape index (κ1) is 21.2. The second kappa shape index (κ2) is 14.5. The Hall–Kier alpha value is -1.84. The number of benzene rings is 1. The summed E-state index contributed by atoms with van der Waals surface area (Å²) >= 11 is 0. The van der Waals surface area contributed by atoms with Crippen molar-refractivity contribution in [2.45, 2.75) is 84.0 Å². The zero-order valence-corrected chi connectivity index (χ0v) is 15.7. The van der Waals surface area contributed by atoms with E-state index in [1.54, 1.807) is 18.2 Å². The molecule has 1 aromatic rings. The molecule has 2 N–H and O–H groups in total. The van der Waals surface area contributed by atoms with Crippen LogP contribution >= 0.6 is 0 Å². The van der Waals surface area contributed by atoms with Crippen molar-refractivity contribution in [3.05, 3.63) is 29.8 Å². The van der Waals surface area contributed by atoms with Gasteiger partial charge in [0.15, 0.2) is 0 Å². The van der Waals surface area contributed by atoms with Crippen molar-refractivity contribution in [1.82, 2.24) is 5.43 Å². The third-order valence-electron chi connectivity index (χ3n) is 4.28. The van der Waals surface area contributed by atoms with Gasteiger partial charge in [0.2, 0.25) is 5.91 Å². The molecule has 0 aromatic heterocycles. The fraction of sp³-hybridized carbons (Fsp3) is 0.619. The number of carbonyl (C=O) groups is 1. The monoisotopic (exact) mass is 346 g/mol. The van der Waals surface area contributed by atoms with Gasteiger partial charge in [-0.15, -0.1) is 0 Å². The zero-order chi connectivity index (χ0) is 18.2. The van der Waals surface area contributed by atoms with Gasteiger partial charge in [-0.1, -0.05) is 83.3 Å². The molecule has 0 saturated heterocycles. The predicted octanol–water partition coefficient (Wildman–Crippen LogP) is 5.54. The highest BCUT2D eigenvalue weighted by molar-refractivity contribution is 5.82. The van der Waals surface area contributed by atoms with Crippen LogP contribution in [0.4, 0.5) is 0 Å². The molecule has 0 aliphatic heterocycles. The molecule has 0 fully saturated rings. The van der Waals surface area contributed by atoms with Crippen LogP contribution in [0.3, 0.4) is 0 Å². The van der Waals surface area contributed by atoms with Gasteiger partial charge in [0.05, 0.1) is 6.21 Å². The topological polar surface area (TPSA) is 61.7 Å². The van der Waals surface area contributed by atoms with E-state index in [1.807, 2.05) is 6.07 Å². The van der Waals surface area contributed by atoms with Gasteiger partial charge in [0.1, 0.15) is 5.75 Å². The molecule has 0 radical (unpaired) electrons. The maximum atomic E-state index is 11.7. The predicted molar refractivity (Wildman–Crippen MR) is 105 cm³/mol. The van der Waals surface area contributed by atoms with Gasteiger partial charge in [-0.3, -0.25) is 4.79 Å². The Labute approximate surface area is 152 Å². The number of nitrogens with one attached hydrogen (secondary N) is 1. The lowest BCUT2D eigenvalue weighted by atomic mass is 10.1. The number of nitrogens with zero attached hydrogens (tertiary/aromatic N) is 1. The summed E-state index contributed by atoms with van der Waals surface area (Å²) in [5, 5.41) is 13.3. The maximum absolute atomic E-state index is 11.7. The van der Waals surface area contributed by atoms with Crippen LogP contribution in [0.25, 0.3) is 0 Å². The molecule has 4 heteroatoms. The Bertz CT molecular complexity index is 500. The number of hydrogen-bond donors (Lipinski definition) is 2. The van der Waals surface area contributed by atoms with Crippen molar-refractivity contribution in [2.24, 2.45) is 5.10 Å². The van der Waals surface area contributed by atoms with Crippen LogP contribution in [0.1, 0.15) is 89.5 Å². The number of amides is 1. The molecular weight excluding hydrogens is 312 g/mol. The lowest BCUT2D eigenvalue weighted by molar-refractivity contribution is -0.121. The van der Waals surface area contributed by atoms with Gasteiger partial charge >= 0.3 is 0 Å². The van der Waals surface area contributed by atoms with Crippen molar-refractivity contribution >= 4 is 12.1 Å². The minimum atomic E-state index is -0.0488. The van der Waals surface area contributed by atoms with Crippen LogP contribution in [0.2, 0.25) is 0 Å². The Morgan fingerprint density at radius 1 is 1.00 bits per heavy atom. The summed E-state index contributed by atoms with van der Waals surface area (Å²) in [7, 11) is 0. The van der Waals surface area contributed by atoms with Crippen LogP contribution < -0.4 is 5.43 Å². The average Bonchev–Trinajstić information content (AvgIpc) is 2.60. The number of unbranched alkanes of at least 4 members (excludes halogenated alkanes) is 10. The van der Waals surface area contributed by atoms with Crippen LogP contribution in [0.15, 0.2) is 29.4 Å². The number of rotatable bonds is 14. The number of carbonyl (C=O) groups excluding carboxylic acids is 1. The molecule has 1 aromatic carbocycles. The van der Waals surface area contributed by atoms with Crippen LogP contribution in [-0.4, -0.2) is 17.2 Å². The molecule has 0 unspecified atom stereocenters. The number of phenolic OH excluding ortho intramolecular Hbond substituents is 1. The summed E-state index contributed by atoms with van der Waals surface area (Å²) < 4.78 is 0. The van der Waals surface area contributed by atoms with Gasteiger partial charge in [-0.2, -0.15) is 5.10 Å². The Morgan fingerprint density at radius 3 is 2.20 bits per heavy atom. The van der Waals surface area contributed by atoms with E-state index in [4.69, 9.17) is 0 Å². The minimum Gasteiger partial charge on any atom is -0.508 e. The molecule has 0 heterocycles. The van der Waals surface area contributed by atoms with E-state index in [9.17, 15) is 9.90 Å². The molecule has 4 nitrogen and oxygen atoms in total. The normalized spacial score (nSPS) is 11.1. The number of hydrazone groups is 1. The lowest BCUT2D eigenvalue weighted by Crippen LogP contribution is -2.16. The fourth-order valence-corrected chi connectivity index (χ4v) is 2.79. The molecule has 0 saturated carbocycles. The molecule has 1 amide bonds. The number of phenols is 1. The Kier molecular flexibility index (Phi) is 12.3. The van der Waals surface area contributed by atoms with Gasteiger partial charge < -0.3 is 5.11 Å². The van der Waals surface area contributed by atoms with Crippen molar-refractivity contribution in [3.8, 4) is 5.75 Å². The summed E-state index contributed by atoms with van der Waals surface area (Å²) in [6, 6.07) is 6.75. The second-order valence-electron chi connectivity index (χ2n) is 6.67. The smallest absolute Gasteiger partial charge is 0.240 e. The molecule has 140 valence electrons. The van der Waals surface area contributed by atoms with Crippen LogP contribution in [0.5, 0.6) is 5.75 Å². The summed E-state index contributed by atoms with van der Waals surface area (Å²) in [6.07, 6.45) is 16.1. The van der Waals surface area contributed by atoms with Crippen molar-refractivity contribution < 1.29 is 9.90 Å². The summed E-state index contributed by atoms with van der Waals surface area (Å²) in [6.45, 7) is 2.25. The lowest BCUT2D eigenvalue weighted by Gasteiger charge is -2.02. The Balaban J connectivity index is 1.93. The van der Waals surface area contributed by atoms with E-state index in [0.717, 1.165) is 18.4 Å². The second-order valence-corrected chi connectivity index (χ2v) is 6.67. The maximum Gasteiger partial charge on any atom is 0.240 e. The van der Waals surface area contributed by atoms with Crippen LogP contribution in [-0.2, 0) is 4.79 Å². The van der Waals surface area contributed by atoms with Crippen molar-refractivity contribution in [2.75, 3.05) is 0 Å². The SMILES string of the molecule is CCCCCCCCCCCCCC(=O)N/N=C/c1cccc(O)c1. The first-order valence-corrected chi connectivity index (χ1v) is 9.83. The van der Waals surface area contributed by atoms with Gasteiger partial charge in [0, 0.05) is 6.42 Å². The average molecular weight is 347 g/mol. The summed E-state index contributed by atoms with van der Waals surface area (Å²) in [5.74, 6) is 0.142. The molecule has 0 spiro atoms. The highest BCUT2D eigenvalue weighted by Crippen LogP contribution is 2.12. The van der Waals surface area contributed by atoms with E-state index < -0.39 is 0 Å². The molecule has 0 aliphatic rings. The quantitative estimate of drug-likeness (QED) is 0.264. The third kappa shape index (κ3) is 12.2. The van der Waals surface area contributed by atoms with Crippen molar-refractivity contribution in [1.29, 1.82) is 0 Å². The fourth-order valence-electron chi connectivity index (χ4n) is 2.79. The summed E-state index contributed by atoms with van der Waals surface area (Å²) in [4.78, 5) is 11.7. The Morgan fingerprint density at radius 2 is 1.60 bits per heavy atom. The van der Waals surface area contributed by atoms with E-state index in [1.165, 1.54) is 64.0 Å².